The van der Waals surface area contributed by atoms with Crippen LogP contribution in [0.5, 0.6) is 0 Å². The molecule has 3 aromatic heterocycles. The van der Waals surface area contributed by atoms with E-state index in [1.54, 1.807) is 11.1 Å². The maximum Gasteiger partial charge on any atom is 0.159 e. The lowest BCUT2D eigenvalue weighted by Gasteiger charge is -2.33. The van der Waals surface area contributed by atoms with Crippen molar-refractivity contribution in [1.29, 1.82) is 0 Å². The number of aromatic nitrogens is 4. The fourth-order valence-corrected chi connectivity index (χ4v) is 10.7. The highest BCUT2D eigenvalue weighted by molar-refractivity contribution is 6.09. The van der Waals surface area contributed by atoms with E-state index in [1.165, 1.54) is 138 Å². The maximum absolute atomic E-state index is 4.98. The molecule has 0 spiro atoms. The van der Waals surface area contributed by atoms with E-state index in [1.807, 2.05) is 18.3 Å². The molecule has 0 amide bonds. The number of hydrogen-bond donors (Lipinski definition) is 0. The van der Waals surface area contributed by atoms with E-state index in [9.17, 15) is 0 Å². The number of benzene rings is 5. The Morgan fingerprint density at radius 3 is 1.82 bits per heavy atom. The number of aryl methyl sites for hydroxylation is 4. The summed E-state index contributed by atoms with van der Waals surface area (Å²) in [6, 6.07) is 43.7. The Hall–Kier alpha value is -5.48. The highest BCUT2D eigenvalue weighted by atomic mass is 15.1. The Morgan fingerprint density at radius 2 is 1.08 bits per heavy atom. The Balaban J connectivity index is 0.975. The lowest BCUT2D eigenvalue weighted by molar-refractivity contribution is 0.401. The summed E-state index contributed by atoms with van der Waals surface area (Å²) in [4.78, 5) is 9.63. The van der Waals surface area contributed by atoms with Crippen molar-refractivity contribution in [2.45, 2.75) is 136 Å². The smallest absolute Gasteiger partial charge is 0.159 e. The molecule has 9 rings (SSSR count). The normalized spacial score (nSPS) is 13.1. The zero-order valence-electron chi connectivity index (χ0n) is 37.1. The van der Waals surface area contributed by atoms with Gasteiger partial charge in [-0.15, -0.1) is 0 Å². The SMILES string of the molecule is CCCCCCC1(CCCCCC)c2cc(C)ccc2-c2ccc(-c3ccc4c(c3)c3cc(C)ccc3n4CCCCCCn3c(-c4ccccn4)nc4ccccc43)cc21. The van der Waals surface area contributed by atoms with Crippen LogP contribution in [0.25, 0.3) is 66.6 Å². The predicted octanol–water partition coefficient (Wildman–Crippen LogP) is 16.0. The van der Waals surface area contributed by atoms with E-state index in [2.05, 4.69) is 145 Å². The molecule has 3 heterocycles. The molecular weight excluding hydrogens is 741 g/mol. The molecular formula is C57H64N4. The highest BCUT2D eigenvalue weighted by Gasteiger charge is 2.42. The van der Waals surface area contributed by atoms with E-state index in [0.717, 1.165) is 43.0 Å². The molecule has 0 fully saturated rings. The standard InChI is InChI=1S/C57H64N4/c1-5-7-9-16-32-57(33-17-10-8-6-2)49-38-42(4)24-28-45(49)46-29-26-44(40-50(46)57)43-27-31-54-48(39-43)47-37-41(3)25-30-53(47)60(54)35-19-11-12-20-36-61-55-23-14-13-21-51(55)59-56(61)52-22-15-18-34-58-52/h13-15,18,21-31,34,37-40H,5-12,16-17,19-20,32-33,35-36H2,1-4H3. The van der Waals surface area contributed by atoms with Crippen molar-refractivity contribution in [3.63, 3.8) is 0 Å². The molecule has 4 heteroatoms. The van der Waals surface area contributed by atoms with E-state index in [4.69, 9.17) is 4.98 Å². The van der Waals surface area contributed by atoms with Gasteiger partial charge in [-0.1, -0.05) is 150 Å². The van der Waals surface area contributed by atoms with Crippen LogP contribution in [0.1, 0.15) is 126 Å². The van der Waals surface area contributed by atoms with Gasteiger partial charge < -0.3 is 9.13 Å². The maximum atomic E-state index is 4.98. The van der Waals surface area contributed by atoms with Crippen LogP contribution in [0.15, 0.2) is 121 Å². The van der Waals surface area contributed by atoms with Crippen molar-refractivity contribution in [1.82, 2.24) is 19.1 Å². The van der Waals surface area contributed by atoms with Crippen LogP contribution in [-0.4, -0.2) is 19.1 Å². The Morgan fingerprint density at radius 1 is 0.492 bits per heavy atom. The summed E-state index contributed by atoms with van der Waals surface area (Å²) in [5.74, 6) is 0.964. The van der Waals surface area contributed by atoms with Gasteiger partial charge in [0.25, 0.3) is 0 Å². The van der Waals surface area contributed by atoms with Gasteiger partial charge in [0.2, 0.25) is 0 Å². The molecule has 0 unspecified atom stereocenters. The quantitative estimate of drug-likeness (QED) is 0.0763. The molecule has 0 saturated heterocycles. The first-order valence-electron chi connectivity index (χ1n) is 23.6. The largest absolute Gasteiger partial charge is 0.340 e. The van der Waals surface area contributed by atoms with E-state index in [-0.39, 0.29) is 5.41 Å². The van der Waals surface area contributed by atoms with Crippen LogP contribution in [0.4, 0.5) is 0 Å². The number of para-hydroxylation sites is 2. The van der Waals surface area contributed by atoms with Gasteiger partial charge in [0.15, 0.2) is 5.82 Å². The van der Waals surface area contributed by atoms with Crippen molar-refractivity contribution in [2.24, 2.45) is 0 Å². The average molecular weight is 805 g/mol. The first-order valence-corrected chi connectivity index (χ1v) is 23.6. The second-order valence-corrected chi connectivity index (χ2v) is 18.1. The number of imidazole rings is 1. The third-order valence-electron chi connectivity index (χ3n) is 13.8. The second-order valence-electron chi connectivity index (χ2n) is 18.1. The molecule has 0 saturated carbocycles. The van der Waals surface area contributed by atoms with Gasteiger partial charge in [0.05, 0.1) is 11.0 Å². The summed E-state index contributed by atoms with van der Waals surface area (Å²) in [6.07, 6.45) is 19.4. The molecule has 8 aromatic rings. The van der Waals surface area contributed by atoms with Crippen LogP contribution in [0.3, 0.4) is 0 Å². The second kappa shape index (κ2) is 18.2. The van der Waals surface area contributed by atoms with E-state index >= 15 is 0 Å². The lowest BCUT2D eigenvalue weighted by atomic mass is 9.70. The minimum Gasteiger partial charge on any atom is -0.340 e. The molecule has 0 N–H and O–H groups in total. The Bertz CT molecular complexity index is 2750. The molecule has 5 aromatic carbocycles. The first kappa shape index (κ1) is 40.9. The van der Waals surface area contributed by atoms with Crippen molar-refractivity contribution in [3.05, 3.63) is 144 Å². The molecule has 1 aliphatic rings. The van der Waals surface area contributed by atoms with Gasteiger partial charge in [0, 0.05) is 46.5 Å². The zero-order valence-corrected chi connectivity index (χ0v) is 37.1. The molecule has 1 aliphatic carbocycles. The Kier molecular flexibility index (Phi) is 12.2. The first-order chi connectivity index (χ1) is 30.0. The van der Waals surface area contributed by atoms with Crippen LogP contribution in [0, 0.1) is 13.8 Å². The van der Waals surface area contributed by atoms with Crippen molar-refractivity contribution >= 4 is 32.8 Å². The minimum atomic E-state index is 0.0827. The number of pyridine rings is 1. The molecule has 0 aliphatic heterocycles. The fraction of sp³-hybridized carbons (Fsp3) is 0.368. The third kappa shape index (κ3) is 8.07. The summed E-state index contributed by atoms with van der Waals surface area (Å²) >= 11 is 0. The topological polar surface area (TPSA) is 35.6 Å². The summed E-state index contributed by atoms with van der Waals surface area (Å²) < 4.78 is 4.96. The lowest BCUT2D eigenvalue weighted by Crippen LogP contribution is -2.25. The molecule has 61 heavy (non-hydrogen) atoms. The highest BCUT2D eigenvalue weighted by Crippen LogP contribution is 2.55. The predicted molar refractivity (Wildman–Crippen MR) is 260 cm³/mol. The van der Waals surface area contributed by atoms with E-state index in [0.29, 0.717) is 0 Å². The molecule has 0 radical (unpaired) electrons. The van der Waals surface area contributed by atoms with Gasteiger partial charge >= 0.3 is 0 Å². The third-order valence-corrected chi connectivity index (χ3v) is 13.8. The molecule has 4 nitrogen and oxygen atoms in total. The minimum absolute atomic E-state index is 0.0827. The molecule has 0 bridgehead atoms. The molecule has 312 valence electrons. The number of fused-ring (bicyclic) bond motifs is 7. The summed E-state index contributed by atoms with van der Waals surface area (Å²) in [7, 11) is 0. The Labute approximate surface area is 364 Å². The summed E-state index contributed by atoms with van der Waals surface area (Å²) in [5, 5.41) is 2.74. The van der Waals surface area contributed by atoms with Crippen molar-refractivity contribution in [2.75, 3.05) is 0 Å². The van der Waals surface area contributed by atoms with Gasteiger partial charge in [-0.25, -0.2) is 4.98 Å². The van der Waals surface area contributed by atoms with Crippen LogP contribution in [-0.2, 0) is 18.5 Å². The van der Waals surface area contributed by atoms with Crippen LogP contribution < -0.4 is 0 Å². The number of rotatable bonds is 19. The van der Waals surface area contributed by atoms with Gasteiger partial charge in [0.1, 0.15) is 5.69 Å². The van der Waals surface area contributed by atoms with Gasteiger partial charge in [-0.05, 0) is 128 Å². The van der Waals surface area contributed by atoms with Crippen LogP contribution in [0.2, 0.25) is 0 Å². The number of unbranched alkanes of at least 4 members (excludes halogenated alkanes) is 9. The summed E-state index contributed by atoms with van der Waals surface area (Å²) in [6.45, 7) is 11.1. The van der Waals surface area contributed by atoms with Crippen molar-refractivity contribution in [3.8, 4) is 33.8 Å². The summed E-state index contributed by atoms with van der Waals surface area (Å²) in [5.41, 5.74) is 17.4. The average Bonchev–Trinajstić information content (AvgIpc) is 3.90. The monoisotopic (exact) mass is 805 g/mol. The zero-order chi connectivity index (χ0) is 41.8. The van der Waals surface area contributed by atoms with Crippen molar-refractivity contribution < 1.29 is 0 Å². The number of hydrogen-bond acceptors (Lipinski definition) is 2. The van der Waals surface area contributed by atoms with E-state index < -0.39 is 0 Å². The van der Waals surface area contributed by atoms with Gasteiger partial charge in [-0.3, -0.25) is 4.98 Å². The van der Waals surface area contributed by atoms with Gasteiger partial charge in [-0.2, -0.15) is 0 Å². The van der Waals surface area contributed by atoms with Crippen LogP contribution >= 0.6 is 0 Å². The fourth-order valence-electron chi connectivity index (χ4n) is 10.7. The molecule has 0 atom stereocenters. The number of nitrogens with zero attached hydrogens (tertiary/aromatic N) is 4.